The first-order chi connectivity index (χ1) is 48.6. The highest BCUT2D eigenvalue weighted by Gasteiger charge is 2.32. The number of carbonyl (C=O) groups excluding carboxylic acids is 2. The van der Waals surface area contributed by atoms with Crippen molar-refractivity contribution in [3.8, 4) is 17.2 Å². The van der Waals surface area contributed by atoms with Gasteiger partial charge in [-0.3, -0.25) is 24.0 Å². The molecule has 3 amide bonds. The number of nitrogens with zero attached hydrogens (tertiary/aromatic N) is 5. The van der Waals surface area contributed by atoms with Gasteiger partial charge in [-0.25, -0.2) is 22.2 Å². The molecule has 12 rings (SSSR count). The number of carbonyl (C=O) groups is 3. The Morgan fingerprint density at radius 1 is 0.657 bits per heavy atom. The number of aryl methyl sites for hydroxylation is 2. The summed E-state index contributed by atoms with van der Waals surface area (Å²) >= 11 is 24.1. The van der Waals surface area contributed by atoms with Crippen molar-refractivity contribution in [1.29, 1.82) is 0 Å². The van der Waals surface area contributed by atoms with E-state index < -0.39 is 34.0 Å². The molecular weight excluding hydrogens is 1420 g/mol. The van der Waals surface area contributed by atoms with E-state index >= 15 is 0 Å². The van der Waals surface area contributed by atoms with Crippen molar-refractivity contribution >= 4 is 86.6 Å². The predicted octanol–water partition coefficient (Wildman–Crippen LogP) is 14.9. The van der Waals surface area contributed by atoms with E-state index in [0.29, 0.717) is 62.3 Å². The number of ether oxygens (including phenoxy) is 3. The second-order valence-electron chi connectivity index (χ2n) is 26.7. The van der Waals surface area contributed by atoms with Gasteiger partial charge in [-0.2, -0.15) is 0 Å². The molecule has 5 fully saturated rings. The van der Waals surface area contributed by atoms with E-state index in [1.807, 2.05) is 68.4 Å². The Hall–Kier alpha value is -6.96. The van der Waals surface area contributed by atoms with Crippen LogP contribution in [0.5, 0.6) is 17.2 Å². The normalized spacial score (nSPS) is 17.6. The van der Waals surface area contributed by atoms with Crippen molar-refractivity contribution in [2.24, 2.45) is 11.8 Å². The zero-order chi connectivity index (χ0) is 72.0. The second-order valence-corrected chi connectivity index (χ2v) is 29.6. The molecule has 1 aromatic heterocycles. The molecule has 6 N–H and O–H groups in total. The number of urea groups is 1. The molecular formula is C76H101Cl4F3N8O10S. The lowest BCUT2D eigenvalue weighted by Gasteiger charge is -2.41. The maximum Gasteiger partial charge on any atom is 0.329 e. The van der Waals surface area contributed by atoms with Crippen LogP contribution in [0.4, 0.5) is 18.0 Å². The largest absolute Gasteiger partial charge is 0.490 e. The number of hydrogen-bond acceptors (Lipinski definition) is 12. The second kappa shape index (κ2) is 40.3. The van der Waals surface area contributed by atoms with Gasteiger partial charge in [0.25, 0.3) is 17.9 Å². The molecule has 18 nitrogen and oxygen atoms in total. The molecule has 0 radical (unpaired) electrons. The number of rotatable bonds is 19. The van der Waals surface area contributed by atoms with Gasteiger partial charge in [0.2, 0.25) is 0 Å². The summed E-state index contributed by atoms with van der Waals surface area (Å²) in [6.45, 7) is 19.0. The number of carboxylic acid groups (broad SMARTS) is 1. The lowest BCUT2D eigenvalue weighted by atomic mass is 9.94. The molecule has 0 bridgehead atoms. The maximum atomic E-state index is 13.5. The first-order valence-corrected chi connectivity index (χ1v) is 37.3. The minimum atomic E-state index is -1.57. The van der Waals surface area contributed by atoms with Gasteiger partial charge in [0.15, 0.2) is 22.6 Å². The third kappa shape index (κ3) is 24.9. The van der Waals surface area contributed by atoms with Crippen LogP contribution in [-0.4, -0.2) is 179 Å². The van der Waals surface area contributed by atoms with Crippen molar-refractivity contribution in [3.05, 3.63) is 198 Å². The molecule has 5 saturated heterocycles. The number of H-pyrrole nitrogens is 1. The molecule has 5 aliphatic heterocycles. The smallest absolute Gasteiger partial charge is 0.329 e. The molecule has 7 aromatic rings. The number of benzene rings is 6. The number of pyridine rings is 1. The first-order valence-electron chi connectivity index (χ1n) is 34.7. The van der Waals surface area contributed by atoms with E-state index in [-0.39, 0.29) is 59.2 Å². The Bertz CT molecular complexity index is 3930. The van der Waals surface area contributed by atoms with E-state index in [1.54, 1.807) is 23.1 Å². The number of aromatic nitrogens is 1. The van der Waals surface area contributed by atoms with E-state index in [2.05, 4.69) is 53.7 Å². The van der Waals surface area contributed by atoms with Gasteiger partial charge >= 0.3 is 6.03 Å². The van der Waals surface area contributed by atoms with Crippen LogP contribution in [0.25, 0.3) is 10.8 Å². The molecule has 1 unspecified atom stereocenters. The standard InChI is InChI=1S/C26H29ClFN3O3.C25H31Cl3N2O.C24H29F2N3O3S.CH2O2.H2O.4H2/c1-16(13-29-26(33)23-14-30-25(32)22-12-19(28)4-5-21(22)23)15-31-9-7-20(8-10-31)34-24-6-3-18(27)11-17(24)2;26-21-3-1-19(2-4-21)7-12-29-13-8-20(9-14-29)18-30-15-10-22(11-16-30)31-23-5-6-24(27)25(28)17-23;1-17-2-5-21(6-3-17)33(31)27-24(30)29-12-8-18(9-13-29)28-14-10-19(11-15-28)32-20-4-7-22(25)23(26)16-20;2-1-3;;;;;/h3-6,11-12,14,16,20H,7-10,13,15H2,1-2H3,(H,29,33)(H,30,32);1-6,17,20,22H,7-16,18H2;2-7,16,18-19H,8-15H2,1H3,(H,27,30);1H,(H,2,3);1H2;4*1H/t16-;;;;;;;;/m1......../s1. The monoisotopic (exact) mass is 1510 g/mol. The number of aromatic amines is 1. The molecule has 0 spiro atoms. The van der Waals surface area contributed by atoms with E-state index in [0.717, 1.165) is 162 Å². The fraction of sp³-hybridized carbons (Fsp3) is 0.447. The van der Waals surface area contributed by atoms with Crippen molar-refractivity contribution in [2.75, 3.05) is 91.6 Å². The Labute approximate surface area is 623 Å². The summed E-state index contributed by atoms with van der Waals surface area (Å²) in [5.41, 5.74) is 3.40. The van der Waals surface area contributed by atoms with Crippen molar-refractivity contribution in [3.63, 3.8) is 0 Å². The Morgan fingerprint density at radius 2 is 1.25 bits per heavy atom. The van der Waals surface area contributed by atoms with Crippen LogP contribution in [0.3, 0.4) is 0 Å². The highest BCUT2D eigenvalue weighted by Crippen LogP contribution is 2.31. The molecule has 102 heavy (non-hydrogen) atoms. The topological polar surface area (TPSA) is 221 Å². The van der Waals surface area contributed by atoms with Gasteiger partial charge < -0.3 is 54.7 Å². The van der Waals surface area contributed by atoms with Gasteiger partial charge in [0, 0.05) is 124 Å². The van der Waals surface area contributed by atoms with E-state index in [1.165, 1.54) is 62.4 Å². The summed E-state index contributed by atoms with van der Waals surface area (Å²) in [5, 5.41) is 13.1. The zero-order valence-corrected chi connectivity index (χ0v) is 61.7. The molecule has 560 valence electrons. The number of nitrogens with one attached hydrogen (secondary N) is 3. The molecule has 2 atom stereocenters. The van der Waals surface area contributed by atoms with Gasteiger partial charge in [0.05, 0.1) is 25.9 Å². The van der Waals surface area contributed by atoms with E-state index in [9.17, 15) is 31.8 Å². The van der Waals surface area contributed by atoms with Crippen LogP contribution in [0.15, 0.2) is 137 Å². The highest BCUT2D eigenvalue weighted by molar-refractivity contribution is 7.83. The van der Waals surface area contributed by atoms with Crippen LogP contribution in [-0.2, 0) is 22.2 Å². The minimum absolute atomic E-state index is 0. The van der Waals surface area contributed by atoms with Gasteiger partial charge in [-0.15, -0.1) is 0 Å². The quantitative estimate of drug-likeness (QED) is 0.0554. The number of piperidine rings is 5. The Kier molecular flexibility index (Phi) is 31.9. The fourth-order valence-corrected chi connectivity index (χ4v) is 14.9. The van der Waals surface area contributed by atoms with Gasteiger partial charge in [-0.1, -0.05) is 89.2 Å². The molecule has 26 heteroatoms. The average Bonchev–Trinajstić information content (AvgIpc) is 0.804. The maximum absolute atomic E-state index is 13.5. The van der Waals surface area contributed by atoms with Crippen molar-refractivity contribution < 1.29 is 62.3 Å². The molecule has 0 saturated carbocycles. The number of fused-ring (bicyclic) bond motifs is 1. The minimum Gasteiger partial charge on any atom is -0.490 e. The summed E-state index contributed by atoms with van der Waals surface area (Å²) in [5.74, 6) is 0.546. The number of likely N-dealkylation sites (tertiary alicyclic amines) is 5. The van der Waals surface area contributed by atoms with Crippen LogP contribution in [0.2, 0.25) is 20.1 Å². The summed E-state index contributed by atoms with van der Waals surface area (Å²) in [7, 11) is -1.57. The average molecular weight is 1520 g/mol. The van der Waals surface area contributed by atoms with Crippen LogP contribution >= 0.6 is 46.4 Å². The van der Waals surface area contributed by atoms with E-state index in [4.69, 9.17) is 70.5 Å². The molecule has 5 aliphatic rings. The molecule has 0 aliphatic carbocycles. The summed E-state index contributed by atoms with van der Waals surface area (Å²) < 4.78 is 73.1. The summed E-state index contributed by atoms with van der Waals surface area (Å²) in [6.07, 6.45) is 12.9. The first kappa shape index (κ1) is 80.7. The van der Waals surface area contributed by atoms with Gasteiger partial charge in [0.1, 0.15) is 41.4 Å². The number of hydrogen-bond donors (Lipinski definition) is 4. The van der Waals surface area contributed by atoms with Crippen molar-refractivity contribution in [1.82, 2.24) is 39.5 Å². The van der Waals surface area contributed by atoms with Crippen LogP contribution < -0.4 is 29.8 Å². The number of halogens is 7. The molecule has 6 aromatic carbocycles. The van der Waals surface area contributed by atoms with Crippen LogP contribution in [0, 0.1) is 43.1 Å². The van der Waals surface area contributed by atoms with Crippen LogP contribution in [0.1, 0.15) is 104 Å². The highest BCUT2D eigenvalue weighted by atomic mass is 35.5. The Balaban J connectivity index is 0.000000323. The summed E-state index contributed by atoms with van der Waals surface area (Å²) in [6, 6.07) is 34.3. The predicted molar refractivity (Wildman–Crippen MR) is 406 cm³/mol. The number of amides is 3. The lowest BCUT2D eigenvalue weighted by molar-refractivity contribution is -0.122. The SMILES string of the molecule is Cc1cc(Cl)ccc1OC1CCN(C[C@H](C)CNC(=O)c2c[nH]c(=O)c3cc(F)ccc23)CC1.Cc1ccc(S(=O)NC(=O)N2CCC(N3CCC(Oc4ccc(F)c(F)c4)CC3)CC2)cc1.Clc1ccc(CCN2CCC(CN3CCC(Oc4ccc(Cl)c(Cl)c4)CC3)CC2)cc1.O.O=CO.[HH].[HH].[HH].[HH]. The Morgan fingerprint density at radius 3 is 1.87 bits per heavy atom. The van der Waals surface area contributed by atoms with Crippen molar-refractivity contribution in [2.45, 2.75) is 121 Å². The zero-order valence-electron chi connectivity index (χ0n) is 57.8. The third-order valence-corrected chi connectivity index (χ3v) is 21.5. The lowest BCUT2D eigenvalue weighted by Crippen LogP contribution is -2.51. The van der Waals surface area contributed by atoms with Gasteiger partial charge in [-0.05, 0) is 199 Å². The fourth-order valence-electron chi connectivity index (χ4n) is 13.5. The molecule has 6 heterocycles. The third-order valence-electron chi connectivity index (χ3n) is 19.2. The summed E-state index contributed by atoms with van der Waals surface area (Å²) in [4.78, 5) is 60.5.